The van der Waals surface area contributed by atoms with E-state index in [9.17, 15) is 4.79 Å². The van der Waals surface area contributed by atoms with Crippen molar-refractivity contribution in [3.63, 3.8) is 0 Å². The lowest BCUT2D eigenvalue weighted by atomic mass is 9.95. The van der Waals surface area contributed by atoms with Crippen molar-refractivity contribution in [2.45, 2.75) is 38.3 Å². The van der Waals surface area contributed by atoms with E-state index in [-0.39, 0.29) is 11.7 Å². The van der Waals surface area contributed by atoms with Gasteiger partial charge in [0.15, 0.2) is 0 Å². The lowest BCUT2D eigenvalue weighted by molar-refractivity contribution is 0.0443. The topological polar surface area (TPSA) is 45.7 Å². The Morgan fingerprint density at radius 2 is 2.08 bits per heavy atom. The Morgan fingerprint density at radius 3 is 2.81 bits per heavy atom. The monoisotopic (exact) mass is 391 g/mol. The van der Waals surface area contributed by atoms with Gasteiger partial charge in [0.1, 0.15) is 5.60 Å². The molecule has 1 atom stereocenters. The fraction of sp³-hybridized carbons (Fsp3) is 0.474. The average Bonchev–Trinajstić information content (AvgIpc) is 3.10. The van der Waals surface area contributed by atoms with Gasteiger partial charge in [0.2, 0.25) is 0 Å². The molecule has 2 saturated heterocycles. The van der Waals surface area contributed by atoms with E-state index in [0.29, 0.717) is 11.6 Å². The van der Waals surface area contributed by atoms with Crippen molar-refractivity contribution in [1.29, 1.82) is 0 Å². The first-order valence-corrected chi connectivity index (χ1v) is 10.2. The highest BCUT2D eigenvalue weighted by molar-refractivity contribution is 7.09. The molecule has 3 heterocycles. The molecule has 1 spiro atoms. The summed E-state index contributed by atoms with van der Waals surface area (Å²) in [6, 6.07) is 7.36. The van der Waals surface area contributed by atoms with Crippen LogP contribution in [0.3, 0.4) is 0 Å². The number of hydrogen-bond acceptors (Lipinski definition) is 5. The first-order chi connectivity index (χ1) is 12.5. The van der Waals surface area contributed by atoms with Crippen molar-refractivity contribution in [2.24, 2.45) is 0 Å². The number of halogens is 1. The summed E-state index contributed by atoms with van der Waals surface area (Å²) in [7, 11) is 0. The summed E-state index contributed by atoms with van der Waals surface area (Å²) in [5.74, 6) is 0. The molecule has 7 heteroatoms. The molecule has 26 heavy (non-hydrogen) atoms. The molecule has 0 radical (unpaired) electrons. The highest BCUT2D eigenvalue weighted by Gasteiger charge is 2.46. The van der Waals surface area contributed by atoms with Crippen LogP contribution in [0.1, 0.15) is 29.8 Å². The van der Waals surface area contributed by atoms with Gasteiger partial charge < -0.3 is 4.74 Å². The largest absolute Gasteiger partial charge is 0.441 e. The van der Waals surface area contributed by atoms with Crippen LogP contribution in [-0.2, 0) is 11.3 Å². The Bertz CT molecular complexity index is 794. The number of rotatable bonds is 3. The second-order valence-electron chi connectivity index (χ2n) is 7.10. The Labute approximate surface area is 162 Å². The highest BCUT2D eigenvalue weighted by atomic mass is 35.5. The van der Waals surface area contributed by atoms with Crippen molar-refractivity contribution in [3.05, 3.63) is 45.4 Å². The number of amides is 1. The standard InChI is InChI=1S/C19H22ClN3O2S/c1-14-17(26-13-21-14)11-22-9-2-7-19(8-10-22)12-23(18(24)25-19)16-5-3-15(20)4-6-16/h3-6,13H,2,7-12H2,1H3. The Balaban J connectivity index is 1.44. The summed E-state index contributed by atoms with van der Waals surface area (Å²) in [6.45, 7) is 5.56. The third kappa shape index (κ3) is 3.59. The molecule has 1 amide bonds. The van der Waals surface area contributed by atoms with Crippen molar-refractivity contribution >= 4 is 34.7 Å². The lowest BCUT2D eigenvalue weighted by Crippen LogP contribution is -2.36. The van der Waals surface area contributed by atoms with Gasteiger partial charge in [0.05, 0.1) is 17.7 Å². The maximum Gasteiger partial charge on any atom is 0.415 e. The van der Waals surface area contributed by atoms with Gasteiger partial charge >= 0.3 is 6.09 Å². The van der Waals surface area contributed by atoms with E-state index in [4.69, 9.17) is 16.3 Å². The Morgan fingerprint density at radius 1 is 1.27 bits per heavy atom. The molecule has 1 unspecified atom stereocenters. The Kier molecular flexibility index (Phi) is 4.90. The minimum absolute atomic E-state index is 0.251. The number of anilines is 1. The summed E-state index contributed by atoms with van der Waals surface area (Å²) in [6.07, 6.45) is 2.54. The van der Waals surface area contributed by atoms with Gasteiger partial charge in [-0.15, -0.1) is 11.3 Å². The number of ether oxygens (including phenoxy) is 1. The minimum atomic E-state index is -0.381. The predicted octanol–water partition coefficient (Wildman–Crippen LogP) is 4.49. The molecule has 0 aliphatic carbocycles. The van der Waals surface area contributed by atoms with Crippen LogP contribution in [0.2, 0.25) is 5.02 Å². The van der Waals surface area contributed by atoms with Gasteiger partial charge in [-0.3, -0.25) is 9.80 Å². The smallest absolute Gasteiger partial charge is 0.415 e. The number of nitrogens with zero attached hydrogens (tertiary/aromatic N) is 3. The maximum atomic E-state index is 12.5. The van der Waals surface area contributed by atoms with E-state index in [1.54, 1.807) is 28.4 Å². The first kappa shape index (κ1) is 17.8. The van der Waals surface area contributed by atoms with Crippen LogP contribution >= 0.6 is 22.9 Å². The van der Waals surface area contributed by atoms with Gasteiger partial charge in [-0.1, -0.05) is 11.6 Å². The summed E-state index contributed by atoms with van der Waals surface area (Å²) >= 11 is 7.68. The van der Waals surface area contributed by atoms with Gasteiger partial charge in [0, 0.05) is 35.1 Å². The van der Waals surface area contributed by atoms with E-state index in [0.717, 1.165) is 50.3 Å². The van der Waals surface area contributed by atoms with Crippen molar-refractivity contribution in [3.8, 4) is 0 Å². The molecule has 4 rings (SSSR count). The molecule has 0 saturated carbocycles. The van der Waals surface area contributed by atoms with Gasteiger partial charge in [-0.25, -0.2) is 9.78 Å². The molecule has 2 aromatic rings. The number of likely N-dealkylation sites (tertiary alicyclic amines) is 1. The van der Waals surface area contributed by atoms with E-state index in [1.807, 2.05) is 17.6 Å². The molecule has 2 aliphatic rings. The molecule has 5 nitrogen and oxygen atoms in total. The van der Waals surface area contributed by atoms with Crippen LogP contribution in [-0.4, -0.2) is 41.2 Å². The molecule has 1 aromatic heterocycles. The normalized spacial score (nSPS) is 24.1. The summed E-state index contributed by atoms with van der Waals surface area (Å²) in [5.41, 5.74) is 3.49. The number of hydrogen-bond donors (Lipinski definition) is 0. The molecule has 1 aromatic carbocycles. The van der Waals surface area contributed by atoms with Crippen molar-refractivity contribution in [1.82, 2.24) is 9.88 Å². The molecular weight excluding hydrogens is 370 g/mol. The van der Waals surface area contributed by atoms with Gasteiger partial charge in [-0.05, 0) is 50.6 Å². The maximum absolute atomic E-state index is 12.5. The van der Waals surface area contributed by atoms with Crippen LogP contribution in [0.5, 0.6) is 0 Å². The predicted molar refractivity (Wildman–Crippen MR) is 104 cm³/mol. The third-order valence-corrected chi connectivity index (χ3v) is 6.48. The lowest BCUT2D eigenvalue weighted by Gasteiger charge is -2.25. The number of thiazole rings is 1. The van der Waals surface area contributed by atoms with Crippen LogP contribution in [0.4, 0.5) is 10.5 Å². The van der Waals surface area contributed by atoms with Crippen molar-refractivity contribution in [2.75, 3.05) is 24.5 Å². The molecule has 2 fully saturated rings. The average molecular weight is 392 g/mol. The number of carbonyl (C=O) groups excluding carboxylic acids is 1. The van der Waals surface area contributed by atoms with Crippen LogP contribution in [0.15, 0.2) is 29.8 Å². The number of carbonyl (C=O) groups is 1. The molecule has 2 aliphatic heterocycles. The van der Waals surface area contributed by atoms with Gasteiger partial charge in [-0.2, -0.15) is 0 Å². The quantitative estimate of drug-likeness (QED) is 0.773. The van der Waals surface area contributed by atoms with Crippen LogP contribution in [0.25, 0.3) is 0 Å². The number of benzene rings is 1. The second-order valence-corrected chi connectivity index (χ2v) is 8.48. The van der Waals surface area contributed by atoms with Gasteiger partial charge in [0.25, 0.3) is 0 Å². The summed E-state index contributed by atoms with van der Waals surface area (Å²) < 4.78 is 5.89. The zero-order valence-electron chi connectivity index (χ0n) is 14.8. The zero-order valence-corrected chi connectivity index (χ0v) is 16.4. The van der Waals surface area contributed by atoms with Crippen LogP contribution in [0, 0.1) is 6.92 Å². The van der Waals surface area contributed by atoms with E-state index in [1.165, 1.54) is 4.88 Å². The molecule has 0 N–H and O–H groups in total. The molecule has 0 bridgehead atoms. The van der Waals surface area contributed by atoms with Crippen molar-refractivity contribution < 1.29 is 9.53 Å². The summed E-state index contributed by atoms with van der Waals surface area (Å²) in [4.78, 5) is 22.3. The molecular formula is C19H22ClN3O2S. The van der Waals surface area contributed by atoms with Crippen LogP contribution < -0.4 is 4.90 Å². The zero-order chi connectivity index (χ0) is 18.1. The highest BCUT2D eigenvalue weighted by Crippen LogP contribution is 2.36. The molecule has 138 valence electrons. The number of aromatic nitrogens is 1. The van der Waals surface area contributed by atoms with E-state index < -0.39 is 0 Å². The minimum Gasteiger partial charge on any atom is -0.441 e. The van der Waals surface area contributed by atoms with E-state index >= 15 is 0 Å². The number of aryl methyl sites for hydroxylation is 1. The third-order valence-electron chi connectivity index (χ3n) is 5.31. The summed E-state index contributed by atoms with van der Waals surface area (Å²) in [5, 5.41) is 0.666. The SMILES string of the molecule is Cc1ncsc1CN1CCCC2(CC1)CN(c1ccc(Cl)cc1)C(=O)O2. The fourth-order valence-electron chi connectivity index (χ4n) is 3.77. The van der Waals surface area contributed by atoms with E-state index in [2.05, 4.69) is 16.8 Å². The Hall–Kier alpha value is -1.63. The first-order valence-electron chi connectivity index (χ1n) is 8.92. The fourth-order valence-corrected chi connectivity index (χ4v) is 4.71. The second kappa shape index (κ2) is 7.18.